The summed E-state index contributed by atoms with van der Waals surface area (Å²) in [4.78, 5) is 24.0. The van der Waals surface area contributed by atoms with E-state index >= 15 is 0 Å². The first kappa shape index (κ1) is 18.7. The zero-order valence-corrected chi connectivity index (χ0v) is 13.0. The molecular formula is C15H15ClN5NaO2. The van der Waals surface area contributed by atoms with E-state index in [1.165, 1.54) is 12.4 Å². The van der Waals surface area contributed by atoms with Gasteiger partial charge in [-0.1, -0.05) is 12.1 Å². The standard InChI is InChI=1S/C15H14ClN5O2.Na.H/c1-9(16)6-21-8-19-12-13(17-7-18-14(12)21)20-11-5-3-2-4-10(11)15(22)23;;/h2-5,7-9H,6H2,1H3,(H,22,23)(H,17,18,20);;. The number of alkyl halides is 1. The SMILES string of the molecule is CC(Cl)Cn1cnc2c(Nc3ccccc3C(=O)O)ncnc21.[NaH]. The van der Waals surface area contributed by atoms with E-state index in [-0.39, 0.29) is 40.5 Å². The molecule has 0 spiro atoms. The molecule has 0 bridgehead atoms. The Balaban J connectivity index is 0.00000208. The van der Waals surface area contributed by atoms with E-state index in [4.69, 9.17) is 11.6 Å². The minimum atomic E-state index is -1.01. The molecule has 0 aliphatic heterocycles. The Kier molecular flexibility index (Phi) is 6.17. The second-order valence-electron chi connectivity index (χ2n) is 5.05. The molecule has 0 fully saturated rings. The summed E-state index contributed by atoms with van der Waals surface area (Å²) in [5.74, 6) is -0.565. The molecular weight excluding hydrogens is 341 g/mol. The zero-order chi connectivity index (χ0) is 16.4. The maximum absolute atomic E-state index is 11.3. The van der Waals surface area contributed by atoms with Gasteiger partial charge in [0.1, 0.15) is 6.33 Å². The first-order valence-corrected chi connectivity index (χ1v) is 7.39. The van der Waals surface area contributed by atoms with E-state index in [0.29, 0.717) is 29.2 Å². The third-order valence-electron chi connectivity index (χ3n) is 3.26. The van der Waals surface area contributed by atoms with E-state index in [1.807, 2.05) is 11.5 Å². The van der Waals surface area contributed by atoms with Crippen LogP contribution in [0.15, 0.2) is 36.9 Å². The van der Waals surface area contributed by atoms with Crippen LogP contribution in [0.25, 0.3) is 11.2 Å². The Morgan fingerprint density at radius 2 is 2.08 bits per heavy atom. The molecule has 0 radical (unpaired) electrons. The predicted molar refractivity (Wildman–Crippen MR) is 94.5 cm³/mol. The van der Waals surface area contributed by atoms with Crippen molar-refractivity contribution in [3.63, 3.8) is 0 Å². The van der Waals surface area contributed by atoms with Crippen LogP contribution in [0.3, 0.4) is 0 Å². The molecule has 0 aliphatic carbocycles. The number of benzene rings is 1. The number of carboxylic acids is 1. The Hall–Kier alpha value is -1.67. The number of fused-ring (bicyclic) bond motifs is 1. The van der Waals surface area contributed by atoms with Gasteiger partial charge in [-0.05, 0) is 19.1 Å². The summed E-state index contributed by atoms with van der Waals surface area (Å²) in [7, 11) is 0. The number of halogens is 1. The number of rotatable bonds is 5. The van der Waals surface area contributed by atoms with Crippen molar-refractivity contribution in [2.75, 3.05) is 5.32 Å². The summed E-state index contributed by atoms with van der Waals surface area (Å²) in [5, 5.41) is 12.2. The molecule has 0 saturated heterocycles. The van der Waals surface area contributed by atoms with Gasteiger partial charge in [-0.2, -0.15) is 0 Å². The van der Waals surface area contributed by atoms with Crippen molar-refractivity contribution < 1.29 is 9.90 Å². The summed E-state index contributed by atoms with van der Waals surface area (Å²) < 4.78 is 1.84. The van der Waals surface area contributed by atoms with E-state index < -0.39 is 5.97 Å². The van der Waals surface area contributed by atoms with Gasteiger partial charge in [0.2, 0.25) is 0 Å². The number of hydrogen-bond acceptors (Lipinski definition) is 5. The Labute approximate surface area is 165 Å². The van der Waals surface area contributed by atoms with Crippen LogP contribution < -0.4 is 5.32 Å². The van der Waals surface area contributed by atoms with E-state index in [9.17, 15) is 9.90 Å². The monoisotopic (exact) mass is 355 g/mol. The third kappa shape index (κ3) is 3.87. The summed E-state index contributed by atoms with van der Waals surface area (Å²) in [5.41, 5.74) is 1.81. The van der Waals surface area contributed by atoms with Crippen LogP contribution in [0.2, 0.25) is 0 Å². The molecule has 2 aromatic heterocycles. The molecule has 0 aliphatic rings. The van der Waals surface area contributed by atoms with Gasteiger partial charge < -0.3 is 15.0 Å². The number of anilines is 2. The van der Waals surface area contributed by atoms with Gasteiger partial charge in [0.05, 0.1) is 17.6 Å². The van der Waals surface area contributed by atoms with Crippen molar-refractivity contribution in [2.45, 2.75) is 18.8 Å². The third-order valence-corrected chi connectivity index (χ3v) is 3.40. The molecule has 3 aromatic rings. The second-order valence-corrected chi connectivity index (χ2v) is 5.79. The number of carboxylic acid groups (broad SMARTS) is 1. The molecule has 3 rings (SSSR count). The van der Waals surface area contributed by atoms with Crippen molar-refractivity contribution in [2.24, 2.45) is 0 Å². The fourth-order valence-electron chi connectivity index (χ4n) is 2.28. The zero-order valence-electron chi connectivity index (χ0n) is 12.3. The van der Waals surface area contributed by atoms with Gasteiger partial charge in [-0.3, -0.25) is 0 Å². The van der Waals surface area contributed by atoms with Crippen LogP contribution in [0.5, 0.6) is 0 Å². The maximum atomic E-state index is 11.3. The molecule has 2 heterocycles. The van der Waals surface area contributed by atoms with Crippen LogP contribution in [0.1, 0.15) is 17.3 Å². The van der Waals surface area contributed by atoms with Crippen LogP contribution in [0, 0.1) is 0 Å². The van der Waals surface area contributed by atoms with Gasteiger partial charge in [-0.25, -0.2) is 19.7 Å². The number of nitrogens with one attached hydrogen (secondary N) is 1. The van der Waals surface area contributed by atoms with Crippen LogP contribution in [-0.2, 0) is 6.54 Å². The Morgan fingerprint density at radius 1 is 1.33 bits per heavy atom. The van der Waals surface area contributed by atoms with Gasteiger partial charge in [0, 0.05) is 11.9 Å². The quantitative estimate of drug-likeness (QED) is 0.538. The number of hydrogen-bond donors (Lipinski definition) is 2. The van der Waals surface area contributed by atoms with Gasteiger partial charge in [-0.15, -0.1) is 11.6 Å². The predicted octanol–water partition coefficient (Wildman–Crippen LogP) is 2.25. The summed E-state index contributed by atoms with van der Waals surface area (Å²) in [6.45, 7) is 2.46. The molecule has 24 heavy (non-hydrogen) atoms. The second kappa shape index (κ2) is 7.94. The molecule has 2 N–H and O–H groups in total. The Morgan fingerprint density at radius 3 is 2.79 bits per heavy atom. The molecule has 0 amide bonds. The van der Waals surface area contributed by atoms with E-state index in [2.05, 4.69) is 20.3 Å². The van der Waals surface area contributed by atoms with E-state index in [0.717, 1.165) is 0 Å². The molecule has 1 atom stereocenters. The molecule has 1 aromatic carbocycles. The average molecular weight is 356 g/mol. The fraction of sp³-hybridized carbons (Fsp3) is 0.200. The van der Waals surface area contributed by atoms with E-state index in [1.54, 1.807) is 24.5 Å². The number of aromatic nitrogens is 4. The Bertz CT molecular complexity index is 868. The van der Waals surface area contributed by atoms with Gasteiger partial charge in [0.25, 0.3) is 0 Å². The first-order valence-electron chi connectivity index (χ1n) is 6.95. The summed E-state index contributed by atoms with van der Waals surface area (Å²) >= 11 is 6.02. The van der Waals surface area contributed by atoms with Gasteiger partial charge >= 0.3 is 35.5 Å². The normalized spacial score (nSPS) is 11.8. The molecule has 0 saturated carbocycles. The topological polar surface area (TPSA) is 92.9 Å². The summed E-state index contributed by atoms with van der Waals surface area (Å²) in [6.07, 6.45) is 3.05. The van der Waals surface area contributed by atoms with Crippen molar-refractivity contribution in [1.29, 1.82) is 0 Å². The summed E-state index contributed by atoms with van der Waals surface area (Å²) in [6, 6.07) is 6.62. The molecule has 9 heteroatoms. The van der Waals surface area contributed by atoms with Crippen LogP contribution in [-0.4, -0.2) is 65.5 Å². The first-order chi connectivity index (χ1) is 11.1. The minimum absolute atomic E-state index is 0. The number of para-hydroxylation sites is 1. The van der Waals surface area contributed by atoms with Crippen molar-refractivity contribution in [3.05, 3.63) is 42.5 Å². The molecule has 7 nitrogen and oxygen atoms in total. The number of aromatic carboxylic acids is 1. The van der Waals surface area contributed by atoms with Crippen molar-refractivity contribution >= 4 is 69.8 Å². The fourth-order valence-corrected chi connectivity index (χ4v) is 2.43. The van der Waals surface area contributed by atoms with Crippen molar-refractivity contribution in [3.8, 4) is 0 Å². The van der Waals surface area contributed by atoms with Crippen LogP contribution in [0.4, 0.5) is 11.5 Å². The van der Waals surface area contributed by atoms with Crippen LogP contribution >= 0.6 is 11.6 Å². The number of carbonyl (C=O) groups is 1. The number of nitrogens with zero attached hydrogens (tertiary/aromatic N) is 4. The molecule has 120 valence electrons. The average Bonchev–Trinajstić information content (AvgIpc) is 2.91. The molecule has 1 unspecified atom stereocenters. The van der Waals surface area contributed by atoms with Crippen molar-refractivity contribution in [1.82, 2.24) is 19.5 Å². The van der Waals surface area contributed by atoms with Gasteiger partial charge in [0.15, 0.2) is 17.0 Å². The number of imidazole rings is 1.